The first kappa shape index (κ1) is 20.5. The molecule has 0 spiro atoms. The average molecular weight is 427 g/mol. The molecule has 1 amide bonds. The van der Waals surface area contributed by atoms with Crippen molar-refractivity contribution in [2.45, 2.75) is 55.6 Å². The van der Waals surface area contributed by atoms with Crippen molar-refractivity contribution in [3.63, 3.8) is 0 Å². The number of furan rings is 1. The number of hydrogen-bond donors (Lipinski definition) is 1. The highest BCUT2D eigenvalue weighted by atomic mass is 32.2. The fourth-order valence-electron chi connectivity index (χ4n) is 3.65. The molecule has 2 heterocycles. The normalized spacial score (nSPS) is 15.3. The third-order valence-electron chi connectivity index (χ3n) is 5.29. The van der Waals surface area contributed by atoms with Gasteiger partial charge in [0.05, 0.1) is 25.2 Å². The Bertz CT molecular complexity index is 980. The highest BCUT2D eigenvalue weighted by molar-refractivity contribution is 8.00. The topological polar surface area (TPSA) is 82.2 Å². The summed E-state index contributed by atoms with van der Waals surface area (Å²) in [6, 6.07) is 11.8. The van der Waals surface area contributed by atoms with Crippen LogP contribution < -0.4 is 10.1 Å². The Kier molecular flexibility index (Phi) is 6.42. The van der Waals surface area contributed by atoms with Gasteiger partial charge in [0.15, 0.2) is 11.0 Å². The molecule has 1 saturated carbocycles. The molecule has 2 aromatic heterocycles. The van der Waals surface area contributed by atoms with Crippen molar-refractivity contribution >= 4 is 17.7 Å². The first-order valence-corrected chi connectivity index (χ1v) is 11.1. The molecule has 1 fully saturated rings. The number of nitrogens with zero attached hydrogens (tertiary/aromatic N) is 3. The molecule has 4 rings (SSSR count). The molecule has 1 aliphatic carbocycles. The summed E-state index contributed by atoms with van der Waals surface area (Å²) in [5.41, 5.74) is 0.892. The van der Waals surface area contributed by atoms with Crippen molar-refractivity contribution in [2.75, 3.05) is 7.11 Å². The van der Waals surface area contributed by atoms with Crippen LogP contribution in [0.5, 0.6) is 5.75 Å². The fourth-order valence-corrected chi connectivity index (χ4v) is 4.51. The molecule has 0 bridgehead atoms. The Hall–Kier alpha value is -2.74. The van der Waals surface area contributed by atoms with E-state index in [9.17, 15) is 4.79 Å². The monoisotopic (exact) mass is 426 g/mol. The molecule has 1 aliphatic rings. The van der Waals surface area contributed by atoms with Crippen molar-refractivity contribution in [1.82, 2.24) is 20.1 Å². The van der Waals surface area contributed by atoms with Crippen LogP contribution in [-0.4, -0.2) is 39.1 Å². The van der Waals surface area contributed by atoms with Gasteiger partial charge in [-0.05, 0) is 44.0 Å². The van der Waals surface area contributed by atoms with Crippen molar-refractivity contribution in [1.29, 1.82) is 0 Å². The summed E-state index contributed by atoms with van der Waals surface area (Å²) in [4.78, 5) is 12.7. The molecular formula is C22H26N4O3S. The Morgan fingerprint density at radius 2 is 2.13 bits per heavy atom. The van der Waals surface area contributed by atoms with Crippen LogP contribution in [-0.2, 0) is 11.3 Å². The SMILES string of the molecule is COc1cccc(-c2nnc(S[C@@H](C)C(=O)NC3CCCC3)n2Cc2ccco2)c1. The Balaban J connectivity index is 1.58. The molecule has 8 heteroatoms. The van der Waals surface area contributed by atoms with Crippen LogP contribution in [0.1, 0.15) is 38.4 Å². The van der Waals surface area contributed by atoms with Crippen molar-refractivity contribution in [2.24, 2.45) is 0 Å². The molecule has 158 valence electrons. The van der Waals surface area contributed by atoms with Crippen LogP contribution in [0.25, 0.3) is 11.4 Å². The lowest BCUT2D eigenvalue weighted by Gasteiger charge is -2.16. The summed E-state index contributed by atoms with van der Waals surface area (Å²) >= 11 is 1.41. The average Bonchev–Trinajstić information content (AvgIpc) is 3.52. The van der Waals surface area contributed by atoms with Crippen LogP contribution >= 0.6 is 11.8 Å². The lowest BCUT2D eigenvalue weighted by Crippen LogP contribution is -2.37. The molecule has 30 heavy (non-hydrogen) atoms. The molecule has 3 aromatic rings. The minimum atomic E-state index is -0.275. The van der Waals surface area contributed by atoms with Gasteiger partial charge in [-0.1, -0.05) is 36.7 Å². The molecular weight excluding hydrogens is 400 g/mol. The molecule has 0 aliphatic heterocycles. The first-order chi connectivity index (χ1) is 14.6. The highest BCUT2D eigenvalue weighted by Crippen LogP contribution is 2.30. The van der Waals surface area contributed by atoms with Gasteiger partial charge >= 0.3 is 0 Å². The summed E-state index contributed by atoms with van der Waals surface area (Å²) < 4.78 is 12.9. The van der Waals surface area contributed by atoms with E-state index in [0.29, 0.717) is 23.6 Å². The maximum Gasteiger partial charge on any atom is 0.233 e. The van der Waals surface area contributed by atoms with Gasteiger partial charge in [0, 0.05) is 11.6 Å². The predicted molar refractivity (Wildman–Crippen MR) is 116 cm³/mol. The van der Waals surface area contributed by atoms with E-state index in [2.05, 4.69) is 15.5 Å². The van der Waals surface area contributed by atoms with E-state index in [0.717, 1.165) is 29.9 Å². The second-order valence-electron chi connectivity index (χ2n) is 7.45. The number of hydrogen-bond acceptors (Lipinski definition) is 6. The van der Waals surface area contributed by atoms with Crippen LogP contribution in [0.2, 0.25) is 0 Å². The zero-order chi connectivity index (χ0) is 20.9. The number of methoxy groups -OCH3 is 1. The number of ether oxygens (including phenoxy) is 1. The van der Waals surface area contributed by atoms with Gasteiger partial charge in [0.25, 0.3) is 0 Å². The molecule has 1 aromatic carbocycles. The lowest BCUT2D eigenvalue weighted by molar-refractivity contribution is -0.120. The third-order valence-corrected chi connectivity index (χ3v) is 6.37. The standard InChI is InChI=1S/C22H26N4O3S/c1-15(21(27)23-17-8-3-4-9-17)30-22-25-24-20(16-7-5-10-18(13-16)28-2)26(22)14-19-11-6-12-29-19/h5-7,10-13,15,17H,3-4,8-9,14H2,1-2H3,(H,23,27)/t15-/m0/s1. The molecule has 0 radical (unpaired) electrons. The van der Waals surface area contributed by atoms with Crippen molar-refractivity contribution in [3.8, 4) is 17.1 Å². The van der Waals surface area contributed by atoms with Crippen LogP contribution in [0.4, 0.5) is 0 Å². The predicted octanol–water partition coefficient (Wildman–Crippen LogP) is 4.13. The van der Waals surface area contributed by atoms with Crippen LogP contribution in [0, 0.1) is 0 Å². The van der Waals surface area contributed by atoms with E-state index < -0.39 is 0 Å². The van der Waals surface area contributed by atoms with Gasteiger partial charge in [-0.3, -0.25) is 9.36 Å². The fraction of sp³-hybridized carbons (Fsp3) is 0.409. The molecule has 7 nitrogen and oxygen atoms in total. The van der Waals surface area contributed by atoms with E-state index in [1.54, 1.807) is 13.4 Å². The minimum absolute atomic E-state index is 0.0439. The number of carbonyl (C=O) groups excluding carboxylic acids is 1. The number of carbonyl (C=O) groups is 1. The number of aromatic nitrogens is 3. The number of benzene rings is 1. The van der Waals surface area contributed by atoms with E-state index in [1.807, 2.05) is 47.9 Å². The molecule has 0 unspecified atom stereocenters. The van der Waals surface area contributed by atoms with E-state index in [1.165, 1.54) is 24.6 Å². The number of amides is 1. The maximum absolute atomic E-state index is 12.7. The minimum Gasteiger partial charge on any atom is -0.497 e. The largest absolute Gasteiger partial charge is 0.497 e. The number of thioether (sulfide) groups is 1. The van der Waals surface area contributed by atoms with Gasteiger partial charge in [-0.25, -0.2) is 0 Å². The number of rotatable bonds is 8. The Morgan fingerprint density at radius 1 is 1.30 bits per heavy atom. The third kappa shape index (κ3) is 4.70. The van der Waals surface area contributed by atoms with Gasteiger partial charge in [0.1, 0.15) is 11.5 Å². The highest BCUT2D eigenvalue weighted by Gasteiger charge is 2.24. The van der Waals surface area contributed by atoms with Gasteiger partial charge < -0.3 is 14.5 Å². The summed E-state index contributed by atoms with van der Waals surface area (Å²) in [7, 11) is 1.64. The van der Waals surface area contributed by atoms with Crippen LogP contribution in [0.15, 0.2) is 52.2 Å². The van der Waals surface area contributed by atoms with E-state index in [-0.39, 0.29) is 11.2 Å². The second-order valence-corrected chi connectivity index (χ2v) is 8.76. The molecule has 0 saturated heterocycles. The maximum atomic E-state index is 12.7. The zero-order valence-electron chi connectivity index (χ0n) is 17.2. The first-order valence-electron chi connectivity index (χ1n) is 10.2. The van der Waals surface area contributed by atoms with Crippen molar-refractivity contribution < 1.29 is 13.9 Å². The van der Waals surface area contributed by atoms with Crippen molar-refractivity contribution in [3.05, 3.63) is 48.4 Å². The van der Waals surface area contributed by atoms with E-state index >= 15 is 0 Å². The molecule has 1 atom stereocenters. The number of nitrogens with one attached hydrogen (secondary N) is 1. The van der Waals surface area contributed by atoms with Gasteiger partial charge in [0.2, 0.25) is 5.91 Å². The van der Waals surface area contributed by atoms with Crippen LogP contribution in [0.3, 0.4) is 0 Å². The lowest BCUT2D eigenvalue weighted by atomic mass is 10.2. The summed E-state index contributed by atoms with van der Waals surface area (Å²) in [6.07, 6.45) is 6.16. The van der Waals surface area contributed by atoms with Gasteiger partial charge in [-0.15, -0.1) is 10.2 Å². The second kappa shape index (κ2) is 9.38. The zero-order valence-corrected chi connectivity index (χ0v) is 18.0. The quantitative estimate of drug-likeness (QED) is 0.545. The summed E-state index contributed by atoms with van der Waals surface area (Å²) in [6.45, 7) is 2.39. The van der Waals surface area contributed by atoms with Gasteiger partial charge in [-0.2, -0.15) is 0 Å². The Labute approximate surface area is 180 Å². The molecule has 1 N–H and O–H groups in total. The smallest absolute Gasteiger partial charge is 0.233 e. The Morgan fingerprint density at radius 3 is 2.87 bits per heavy atom. The summed E-state index contributed by atoms with van der Waals surface area (Å²) in [5.74, 6) is 2.29. The van der Waals surface area contributed by atoms with E-state index in [4.69, 9.17) is 9.15 Å². The summed E-state index contributed by atoms with van der Waals surface area (Å²) in [5, 5.41) is 12.4.